The second-order valence-electron chi connectivity index (χ2n) is 6.62. The smallest absolute Gasteiger partial charge is 0.410 e. The summed E-state index contributed by atoms with van der Waals surface area (Å²) in [5, 5.41) is 0. The minimum Gasteiger partial charge on any atom is -0.444 e. The van der Waals surface area contributed by atoms with E-state index in [0.717, 1.165) is 18.4 Å². The molecule has 1 aliphatic heterocycles. The zero-order valence-electron chi connectivity index (χ0n) is 13.1. The van der Waals surface area contributed by atoms with Crippen LogP contribution in [0.15, 0.2) is 24.5 Å². The van der Waals surface area contributed by atoms with Crippen LogP contribution in [-0.4, -0.2) is 34.7 Å². The third-order valence-electron chi connectivity index (χ3n) is 3.77. The zero-order valence-corrected chi connectivity index (χ0v) is 13.1. The largest absolute Gasteiger partial charge is 0.444 e. The first-order valence-corrected chi connectivity index (χ1v) is 7.50. The second-order valence-corrected chi connectivity index (χ2v) is 6.62. The number of carbonyl (C=O) groups excluding carboxylic acids is 1. The van der Waals surface area contributed by atoms with Gasteiger partial charge in [0.2, 0.25) is 0 Å². The predicted octanol–water partition coefficient (Wildman–Crippen LogP) is 2.73. The second kappa shape index (κ2) is 6.43. The van der Waals surface area contributed by atoms with Crippen molar-refractivity contribution < 1.29 is 9.53 Å². The summed E-state index contributed by atoms with van der Waals surface area (Å²) in [4.78, 5) is 17.9. The van der Waals surface area contributed by atoms with E-state index in [1.165, 1.54) is 0 Å². The highest BCUT2D eigenvalue weighted by molar-refractivity contribution is 5.68. The summed E-state index contributed by atoms with van der Waals surface area (Å²) in [6, 6.07) is 3.91. The highest BCUT2D eigenvalue weighted by Gasteiger charge is 2.29. The molecular formula is C16H25N3O2. The molecule has 2 N–H and O–H groups in total. The number of hydrogen-bond acceptors (Lipinski definition) is 4. The average Bonchev–Trinajstić information content (AvgIpc) is 2.46. The maximum Gasteiger partial charge on any atom is 0.410 e. The van der Waals surface area contributed by atoms with Gasteiger partial charge >= 0.3 is 6.09 Å². The highest BCUT2D eigenvalue weighted by atomic mass is 16.6. The molecule has 1 aromatic rings. The van der Waals surface area contributed by atoms with E-state index in [0.29, 0.717) is 19.0 Å². The van der Waals surface area contributed by atoms with Crippen molar-refractivity contribution in [3.8, 4) is 0 Å². The molecule has 1 saturated heterocycles. The highest BCUT2D eigenvalue weighted by Crippen LogP contribution is 2.29. The van der Waals surface area contributed by atoms with Gasteiger partial charge in [-0.1, -0.05) is 6.07 Å². The topological polar surface area (TPSA) is 68.5 Å². The van der Waals surface area contributed by atoms with E-state index >= 15 is 0 Å². The number of nitrogens with zero attached hydrogens (tertiary/aromatic N) is 2. The van der Waals surface area contributed by atoms with Crippen molar-refractivity contribution in [1.29, 1.82) is 0 Å². The zero-order chi connectivity index (χ0) is 15.5. The Labute approximate surface area is 126 Å². The monoisotopic (exact) mass is 291 g/mol. The molecule has 1 aliphatic rings. The number of amides is 1. The van der Waals surface area contributed by atoms with Crippen LogP contribution in [0, 0.1) is 5.92 Å². The van der Waals surface area contributed by atoms with Gasteiger partial charge < -0.3 is 15.4 Å². The van der Waals surface area contributed by atoms with Crippen LogP contribution in [0.1, 0.15) is 45.2 Å². The standard InChI is InChI=1S/C16H25N3O2/c1-16(2,3)21-15(20)19-9-6-12(7-10-19)14(17)13-5-4-8-18-11-13/h4-5,8,11-12,14H,6-7,9-10,17H2,1-3H3. The molecule has 0 saturated carbocycles. The van der Waals surface area contributed by atoms with Gasteiger partial charge in [0.25, 0.3) is 0 Å². The lowest BCUT2D eigenvalue weighted by molar-refractivity contribution is 0.0174. The van der Waals surface area contributed by atoms with Crippen LogP contribution in [0.4, 0.5) is 4.79 Å². The molecule has 21 heavy (non-hydrogen) atoms. The van der Waals surface area contributed by atoms with Crippen LogP contribution in [0.5, 0.6) is 0 Å². The fraction of sp³-hybridized carbons (Fsp3) is 0.625. The Balaban J connectivity index is 1.87. The van der Waals surface area contributed by atoms with Crippen molar-refractivity contribution in [3.05, 3.63) is 30.1 Å². The Kier molecular flexibility index (Phi) is 4.83. The van der Waals surface area contributed by atoms with Crippen LogP contribution in [-0.2, 0) is 4.74 Å². The molecule has 1 unspecified atom stereocenters. The van der Waals surface area contributed by atoms with E-state index in [1.807, 2.05) is 39.1 Å². The quantitative estimate of drug-likeness (QED) is 0.909. The van der Waals surface area contributed by atoms with Gasteiger partial charge in [0.1, 0.15) is 5.60 Å². The number of likely N-dealkylation sites (tertiary alicyclic amines) is 1. The van der Waals surface area contributed by atoms with Crippen LogP contribution in [0.2, 0.25) is 0 Å². The predicted molar refractivity (Wildman–Crippen MR) is 81.7 cm³/mol. The van der Waals surface area contributed by atoms with Crippen molar-refractivity contribution >= 4 is 6.09 Å². The van der Waals surface area contributed by atoms with Crippen LogP contribution in [0.3, 0.4) is 0 Å². The van der Waals surface area contributed by atoms with E-state index in [9.17, 15) is 4.79 Å². The van der Waals surface area contributed by atoms with Crippen molar-refractivity contribution in [1.82, 2.24) is 9.88 Å². The molecule has 1 fully saturated rings. The normalized spacial score (nSPS) is 18.4. The summed E-state index contributed by atoms with van der Waals surface area (Å²) in [5.74, 6) is 0.382. The van der Waals surface area contributed by atoms with Gasteiger partial charge in [-0.15, -0.1) is 0 Å². The fourth-order valence-corrected chi connectivity index (χ4v) is 2.61. The third-order valence-corrected chi connectivity index (χ3v) is 3.77. The van der Waals surface area contributed by atoms with Crippen molar-refractivity contribution in [2.45, 2.75) is 45.3 Å². The molecule has 0 radical (unpaired) electrons. The number of hydrogen-bond donors (Lipinski definition) is 1. The van der Waals surface area contributed by atoms with Gasteiger partial charge in [-0.2, -0.15) is 0 Å². The number of pyridine rings is 1. The van der Waals surface area contributed by atoms with Gasteiger partial charge in [-0.05, 0) is 51.2 Å². The molecule has 5 nitrogen and oxygen atoms in total. The van der Waals surface area contributed by atoms with Crippen LogP contribution in [0.25, 0.3) is 0 Å². The molecule has 116 valence electrons. The Bertz CT molecular complexity index is 462. The van der Waals surface area contributed by atoms with E-state index in [4.69, 9.17) is 10.5 Å². The number of nitrogens with two attached hydrogens (primary N) is 1. The molecule has 2 rings (SSSR count). The number of rotatable bonds is 2. The minimum atomic E-state index is -0.444. The Morgan fingerprint density at radius 2 is 2.10 bits per heavy atom. The first-order valence-electron chi connectivity index (χ1n) is 7.50. The Morgan fingerprint density at radius 3 is 2.62 bits per heavy atom. The lowest BCUT2D eigenvalue weighted by Crippen LogP contribution is -2.43. The molecule has 0 bridgehead atoms. The minimum absolute atomic E-state index is 0.0144. The Morgan fingerprint density at radius 1 is 1.43 bits per heavy atom. The van der Waals surface area contributed by atoms with Crippen LogP contribution >= 0.6 is 0 Å². The number of carbonyl (C=O) groups is 1. The molecule has 1 aromatic heterocycles. The summed E-state index contributed by atoms with van der Waals surface area (Å²) in [5.41, 5.74) is 6.94. The summed E-state index contributed by atoms with van der Waals surface area (Å²) in [7, 11) is 0. The SMILES string of the molecule is CC(C)(C)OC(=O)N1CCC(C(N)c2cccnc2)CC1. The van der Waals surface area contributed by atoms with Gasteiger partial charge in [-0.3, -0.25) is 4.98 Å². The number of aromatic nitrogens is 1. The molecular weight excluding hydrogens is 266 g/mol. The molecule has 0 aromatic carbocycles. The van der Waals surface area contributed by atoms with Gasteiger partial charge in [-0.25, -0.2) is 4.79 Å². The number of piperidine rings is 1. The maximum absolute atomic E-state index is 12.0. The van der Waals surface area contributed by atoms with Crippen LogP contribution < -0.4 is 5.73 Å². The van der Waals surface area contributed by atoms with Crippen molar-refractivity contribution in [3.63, 3.8) is 0 Å². The molecule has 1 atom stereocenters. The third kappa shape index (κ3) is 4.43. The number of ether oxygens (including phenoxy) is 1. The average molecular weight is 291 g/mol. The van der Waals surface area contributed by atoms with Crippen molar-refractivity contribution in [2.75, 3.05) is 13.1 Å². The van der Waals surface area contributed by atoms with E-state index in [2.05, 4.69) is 4.98 Å². The van der Waals surface area contributed by atoms with E-state index in [-0.39, 0.29) is 12.1 Å². The molecule has 1 amide bonds. The van der Waals surface area contributed by atoms with Gasteiger partial charge in [0.05, 0.1) is 0 Å². The summed E-state index contributed by atoms with van der Waals surface area (Å²) >= 11 is 0. The summed E-state index contributed by atoms with van der Waals surface area (Å²) < 4.78 is 5.40. The summed E-state index contributed by atoms with van der Waals surface area (Å²) in [6.07, 6.45) is 5.15. The summed E-state index contributed by atoms with van der Waals surface area (Å²) in [6.45, 7) is 7.06. The lowest BCUT2D eigenvalue weighted by atomic mass is 9.86. The van der Waals surface area contributed by atoms with E-state index in [1.54, 1.807) is 11.1 Å². The molecule has 0 spiro atoms. The molecule has 2 heterocycles. The van der Waals surface area contributed by atoms with Gasteiger partial charge in [0, 0.05) is 31.5 Å². The first-order chi connectivity index (χ1) is 9.87. The van der Waals surface area contributed by atoms with E-state index < -0.39 is 5.60 Å². The molecule has 0 aliphatic carbocycles. The Hall–Kier alpha value is -1.62. The fourth-order valence-electron chi connectivity index (χ4n) is 2.61. The lowest BCUT2D eigenvalue weighted by Gasteiger charge is -2.35. The van der Waals surface area contributed by atoms with Gasteiger partial charge in [0.15, 0.2) is 0 Å². The first kappa shape index (κ1) is 15.8. The molecule has 5 heteroatoms. The van der Waals surface area contributed by atoms with Crippen molar-refractivity contribution in [2.24, 2.45) is 11.7 Å². The maximum atomic E-state index is 12.0.